The number of aliphatic carboxylic acids is 1. The molecule has 4 N–H and O–H groups in total. The molecule has 2 aromatic carbocycles. The first-order valence-corrected chi connectivity index (χ1v) is 11.4. The molecule has 0 aliphatic rings. The molecule has 0 fully saturated rings. The number of carboxylic acid groups (broad SMARTS) is 1. The van der Waals surface area contributed by atoms with Gasteiger partial charge >= 0.3 is 5.97 Å². The Morgan fingerprint density at radius 3 is 2.42 bits per heavy atom. The average molecular weight is 646 g/mol. The minimum absolute atomic E-state index is 0.0954. The van der Waals surface area contributed by atoms with E-state index >= 15 is 0 Å². The first kappa shape index (κ1) is 23.5. The SMILES string of the molecule is Cn1cc(Cc2cc(Oc3c(I)cc(CC(N)C(=O)O)cc3I)ccc2O)ccc1=O. The van der Waals surface area contributed by atoms with Crippen LogP contribution < -0.4 is 16.0 Å². The summed E-state index contributed by atoms with van der Waals surface area (Å²) < 4.78 is 9.24. The van der Waals surface area contributed by atoms with Crippen LogP contribution >= 0.6 is 45.2 Å². The van der Waals surface area contributed by atoms with Crippen LogP contribution in [0, 0.1) is 7.14 Å². The number of pyridine rings is 1. The molecular weight excluding hydrogens is 626 g/mol. The number of phenolic OH excluding ortho intramolecular Hbond substituents is 1. The highest BCUT2D eigenvalue weighted by molar-refractivity contribution is 14.1. The number of aromatic nitrogens is 1. The first-order chi connectivity index (χ1) is 14.6. The quantitative estimate of drug-likeness (QED) is 0.338. The number of carboxylic acids is 1. The number of benzene rings is 2. The normalized spacial score (nSPS) is 11.9. The van der Waals surface area contributed by atoms with Gasteiger partial charge in [0.1, 0.15) is 17.5 Å². The molecule has 1 atom stereocenters. The molecular formula is C22H20I2N2O5. The van der Waals surface area contributed by atoms with Gasteiger partial charge in [0, 0.05) is 31.3 Å². The van der Waals surface area contributed by atoms with Crippen molar-refractivity contribution in [1.29, 1.82) is 0 Å². The number of aromatic hydroxyl groups is 1. The lowest BCUT2D eigenvalue weighted by atomic mass is 10.1. The maximum Gasteiger partial charge on any atom is 0.320 e. The van der Waals surface area contributed by atoms with E-state index in [4.69, 9.17) is 15.6 Å². The molecule has 1 unspecified atom stereocenters. The predicted molar refractivity (Wildman–Crippen MR) is 134 cm³/mol. The minimum atomic E-state index is -1.04. The summed E-state index contributed by atoms with van der Waals surface area (Å²) in [4.78, 5) is 22.6. The molecule has 162 valence electrons. The Morgan fingerprint density at radius 1 is 1.13 bits per heavy atom. The number of hydrogen-bond donors (Lipinski definition) is 3. The van der Waals surface area contributed by atoms with E-state index in [9.17, 15) is 14.7 Å². The maximum absolute atomic E-state index is 11.6. The van der Waals surface area contributed by atoms with Gasteiger partial charge in [0.15, 0.2) is 5.75 Å². The highest BCUT2D eigenvalue weighted by Crippen LogP contribution is 2.35. The summed E-state index contributed by atoms with van der Waals surface area (Å²) in [7, 11) is 1.68. The number of carbonyl (C=O) groups is 1. The Kier molecular flexibility index (Phi) is 7.59. The van der Waals surface area contributed by atoms with E-state index < -0.39 is 12.0 Å². The molecule has 1 heterocycles. The number of halogens is 2. The number of nitrogens with two attached hydrogens (primary N) is 1. The second kappa shape index (κ2) is 10.0. The summed E-state index contributed by atoms with van der Waals surface area (Å²) in [6, 6.07) is 11.0. The van der Waals surface area contributed by atoms with Gasteiger partial charge in [-0.2, -0.15) is 0 Å². The number of hydrogen-bond acceptors (Lipinski definition) is 5. The molecule has 0 aliphatic heterocycles. The number of nitrogens with zero attached hydrogens (tertiary/aromatic N) is 1. The van der Waals surface area contributed by atoms with E-state index in [1.807, 2.05) is 12.1 Å². The van der Waals surface area contributed by atoms with E-state index in [0.717, 1.165) is 18.3 Å². The van der Waals surface area contributed by atoms with Crippen LogP contribution in [0.25, 0.3) is 0 Å². The number of rotatable bonds is 7. The fourth-order valence-corrected chi connectivity index (χ4v) is 5.15. The third kappa shape index (κ3) is 5.98. The number of ether oxygens (including phenoxy) is 1. The lowest BCUT2D eigenvalue weighted by molar-refractivity contribution is -0.138. The van der Waals surface area contributed by atoms with Crippen LogP contribution in [-0.4, -0.2) is 26.8 Å². The molecule has 9 heteroatoms. The van der Waals surface area contributed by atoms with Crippen molar-refractivity contribution in [2.24, 2.45) is 12.8 Å². The molecule has 3 rings (SSSR count). The van der Waals surface area contributed by atoms with Crippen LogP contribution in [0.1, 0.15) is 16.7 Å². The summed E-state index contributed by atoms with van der Waals surface area (Å²) in [6.45, 7) is 0. The van der Waals surface area contributed by atoms with Gasteiger partial charge in [-0.3, -0.25) is 9.59 Å². The largest absolute Gasteiger partial charge is 0.508 e. The number of aryl methyl sites for hydroxylation is 1. The van der Waals surface area contributed by atoms with Gasteiger partial charge in [0.05, 0.1) is 7.14 Å². The van der Waals surface area contributed by atoms with Gasteiger partial charge in [-0.05, 0) is 93.1 Å². The molecule has 1 aromatic heterocycles. The maximum atomic E-state index is 11.6. The van der Waals surface area contributed by atoms with Gasteiger partial charge in [-0.25, -0.2) is 0 Å². The van der Waals surface area contributed by atoms with Crippen molar-refractivity contribution in [3.05, 3.63) is 82.8 Å². The van der Waals surface area contributed by atoms with Crippen molar-refractivity contribution in [3.63, 3.8) is 0 Å². The van der Waals surface area contributed by atoms with Gasteiger partial charge in [-0.1, -0.05) is 6.07 Å². The summed E-state index contributed by atoms with van der Waals surface area (Å²) >= 11 is 4.29. The zero-order valence-electron chi connectivity index (χ0n) is 16.5. The van der Waals surface area contributed by atoms with E-state index in [1.165, 1.54) is 10.6 Å². The molecule has 3 aromatic rings. The zero-order chi connectivity index (χ0) is 22.7. The van der Waals surface area contributed by atoms with E-state index in [1.54, 1.807) is 37.5 Å². The van der Waals surface area contributed by atoms with E-state index in [-0.39, 0.29) is 17.7 Å². The highest BCUT2D eigenvalue weighted by Gasteiger charge is 2.16. The third-order valence-corrected chi connectivity index (χ3v) is 6.25. The Morgan fingerprint density at radius 2 is 1.81 bits per heavy atom. The molecule has 0 aliphatic carbocycles. The summed E-state index contributed by atoms with van der Waals surface area (Å²) in [5.41, 5.74) is 7.92. The van der Waals surface area contributed by atoms with Crippen LogP contribution in [0.5, 0.6) is 17.2 Å². The summed E-state index contributed by atoms with van der Waals surface area (Å²) in [5, 5.41) is 19.3. The van der Waals surface area contributed by atoms with Crippen LogP contribution in [0.3, 0.4) is 0 Å². The molecule has 0 saturated heterocycles. The van der Waals surface area contributed by atoms with Crippen molar-refractivity contribution >= 4 is 51.2 Å². The first-order valence-electron chi connectivity index (χ1n) is 9.25. The molecule has 0 spiro atoms. The summed E-state index contributed by atoms with van der Waals surface area (Å²) in [6.07, 6.45) is 2.41. The topological polar surface area (TPSA) is 115 Å². The lowest BCUT2D eigenvalue weighted by Crippen LogP contribution is -2.32. The standard InChI is InChI=1S/C22H20I2N2O5/c1-26-11-12(2-5-20(26)28)6-14-10-15(3-4-19(14)27)31-21-16(23)7-13(8-17(21)24)9-18(25)22(29)30/h2-5,7-8,10-11,18,27H,6,9,25H2,1H3,(H,29,30). The second-order valence-corrected chi connectivity index (χ2v) is 9.42. The van der Waals surface area contributed by atoms with Gasteiger partial charge in [0.25, 0.3) is 0 Å². The molecule has 0 radical (unpaired) electrons. The molecule has 0 amide bonds. The van der Waals surface area contributed by atoms with Crippen molar-refractivity contribution in [2.75, 3.05) is 0 Å². The van der Waals surface area contributed by atoms with E-state index in [0.29, 0.717) is 23.5 Å². The van der Waals surface area contributed by atoms with Crippen molar-refractivity contribution in [1.82, 2.24) is 4.57 Å². The predicted octanol–water partition coefficient (Wildman–Crippen LogP) is 3.64. The smallest absolute Gasteiger partial charge is 0.320 e. The highest BCUT2D eigenvalue weighted by atomic mass is 127. The Bertz CT molecular complexity index is 1170. The lowest BCUT2D eigenvalue weighted by Gasteiger charge is -2.14. The third-order valence-electron chi connectivity index (χ3n) is 4.64. The number of phenols is 1. The fraction of sp³-hybridized carbons (Fsp3) is 0.182. The van der Waals surface area contributed by atoms with E-state index in [2.05, 4.69) is 45.2 Å². The molecule has 0 saturated carbocycles. The van der Waals surface area contributed by atoms with Crippen LogP contribution in [0.2, 0.25) is 0 Å². The summed E-state index contributed by atoms with van der Waals surface area (Å²) in [5.74, 6) is 0.306. The molecule has 0 bridgehead atoms. The Labute approximate surface area is 206 Å². The second-order valence-electron chi connectivity index (χ2n) is 7.09. The van der Waals surface area contributed by atoms with Crippen LogP contribution in [0.15, 0.2) is 53.5 Å². The Balaban J connectivity index is 1.84. The fourth-order valence-electron chi connectivity index (χ4n) is 3.03. The van der Waals surface area contributed by atoms with Crippen LogP contribution in [-0.2, 0) is 24.7 Å². The average Bonchev–Trinajstić information content (AvgIpc) is 2.70. The van der Waals surface area contributed by atoms with Crippen molar-refractivity contribution in [2.45, 2.75) is 18.9 Å². The Hall–Kier alpha value is -2.12. The monoisotopic (exact) mass is 646 g/mol. The van der Waals surface area contributed by atoms with Gasteiger partial charge < -0.3 is 25.3 Å². The van der Waals surface area contributed by atoms with Gasteiger partial charge in [0.2, 0.25) is 5.56 Å². The molecule has 7 nitrogen and oxygen atoms in total. The van der Waals surface area contributed by atoms with Gasteiger partial charge in [-0.15, -0.1) is 0 Å². The minimum Gasteiger partial charge on any atom is -0.508 e. The zero-order valence-corrected chi connectivity index (χ0v) is 20.8. The van der Waals surface area contributed by atoms with Crippen molar-refractivity contribution < 1.29 is 19.7 Å². The van der Waals surface area contributed by atoms with Crippen LogP contribution in [0.4, 0.5) is 0 Å². The van der Waals surface area contributed by atoms with Crippen molar-refractivity contribution in [3.8, 4) is 17.2 Å². The molecule has 31 heavy (non-hydrogen) atoms.